The number of aryl methyl sites for hydroxylation is 2. The van der Waals surface area contributed by atoms with Crippen molar-refractivity contribution < 1.29 is 9.59 Å². The van der Waals surface area contributed by atoms with E-state index in [4.69, 9.17) is 0 Å². The van der Waals surface area contributed by atoms with E-state index in [2.05, 4.69) is 20.8 Å². The molecule has 1 saturated heterocycles. The first-order valence-corrected chi connectivity index (χ1v) is 10.4. The van der Waals surface area contributed by atoms with E-state index in [-0.39, 0.29) is 17.7 Å². The van der Waals surface area contributed by atoms with Crippen LogP contribution in [-0.2, 0) is 4.79 Å². The molecule has 29 heavy (non-hydrogen) atoms. The molecular weight excluding hydrogens is 388 g/mol. The molecule has 1 aromatic carbocycles. The molecule has 2 amide bonds. The zero-order chi connectivity index (χ0) is 20.4. The summed E-state index contributed by atoms with van der Waals surface area (Å²) in [6.45, 7) is 4.99. The Morgan fingerprint density at radius 3 is 2.62 bits per heavy atom. The van der Waals surface area contributed by atoms with Crippen molar-refractivity contribution in [3.63, 3.8) is 0 Å². The van der Waals surface area contributed by atoms with Gasteiger partial charge in [0.05, 0.1) is 10.6 Å². The topological polar surface area (TPSA) is 93.0 Å². The molecule has 1 aliphatic heterocycles. The van der Waals surface area contributed by atoms with Crippen LogP contribution in [0.25, 0.3) is 5.69 Å². The molecule has 0 unspecified atom stereocenters. The van der Waals surface area contributed by atoms with Gasteiger partial charge in [0.15, 0.2) is 5.82 Å². The molecule has 0 atom stereocenters. The van der Waals surface area contributed by atoms with E-state index < -0.39 is 0 Å². The van der Waals surface area contributed by atoms with Crippen LogP contribution in [0.5, 0.6) is 0 Å². The third-order valence-corrected chi connectivity index (χ3v) is 6.07. The third-order valence-electron chi connectivity index (χ3n) is 5.22. The first kappa shape index (κ1) is 19.3. The standard InChI is InChI=1S/C20H22N6O2S/c1-13-5-6-16(12-17(13)26-14(2)22-23-24-26)21-19(27)15-7-9-25(10-8-15)20(28)18-4-3-11-29-18/h3-6,11-12,15H,7-10H2,1-2H3,(H,21,27). The second-order valence-electron chi connectivity index (χ2n) is 7.17. The van der Waals surface area contributed by atoms with Crippen LogP contribution in [0.1, 0.15) is 33.9 Å². The van der Waals surface area contributed by atoms with Crippen molar-refractivity contribution in [1.82, 2.24) is 25.1 Å². The van der Waals surface area contributed by atoms with Crippen LogP contribution >= 0.6 is 11.3 Å². The molecule has 150 valence electrons. The van der Waals surface area contributed by atoms with E-state index in [9.17, 15) is 9.59 Å². The molecule has 3 aromatic rings. The quantitative estimate of drug-likeness (QED) is 0.714. The van der Waals surface area contributed by atoms with Crippen LogP contribution in [0.4, 0.5) is 5.69 Å². The van der Waals surface area contributed by atoms with Gasteiger partial charge < -0.3 is 10.2 Å². The average Bonchev–Trinajstić information content (AvgIpc) is 3.41. The van der Waals surface area contributed by atoms with Gasteiger partial charge in [0.25, 0.3) is 5.91 Å². The molecule has 2 aromatic heterocycles. The Morgan fingerprint density at radius 2 is 1.97 bits per heavy atom. The van der Waals surface area contributed by atoms with E-state index in [1.165, 1.54) is 11.3 Å². The Kier molecular flexibility index (Phi) is 5.39. The van der Waals surface area contributed by atoms with Crippen molar-refractivity contribution in [2.24, 2.45) is 5.92 Å². The average molecular weight is 411 g/mol. The second kappa shape index (κ2) is 8.12. The smallest absolute Gasteiger partial charge is 0.263 e. The van der Waals surface area contributed by atoms with Gasteiger partial charge in [-0.25, -0.2) is 0 Å². The van der Waals surface area contributed by atoms with E-state index in [0.29, 0.717) is 37.4 Å². The van der Waals surface area contributed by atoms with E-state index in [1.807, 2.05) is 54.5 Å². The fourth-order valence-corrected chi connectivity index (χ4v) is 4.21. The van der Waals surface area contributed by atoms with Crippen LogP contribution in [0, 0.1) is 19.8 Å². The van der Waals surface area contributed by atoms with Crippen LogP contribution < -0.4 is 5.32 Å². The fraction of sp³-hybridized carbons (Fsp3) is 0.350. The molecule has 3 heterocycles. The van der Waals surface area contributed by atoms with Crippen molar-refractivity contribution >= 4 is 28.8 Å². The van der Waals surface area contributed by atoms with Gasteiger partial charge in [-0.3, -0.25) is 9.59 Å². The summed E-state index contributed by atoms with van der Waals surface area (Å²) in [5, 5.41) is 16.5. The number of thiophene rings is 1. The molecule has 0 spiro atoms. The Hall–Kier alpha value is -3.07. The maximum atomic E-state index is 12.8. The molecule has 1 N–H and O–H groups in total. The predicted molar refractivity (Wildman–Crippen MR) is 110 cm³/mol. The Labute approximate surface area is 172 Å². The second-order valence-corrected chi connectivity index (χ2v) is 8.12. The lowest BCUT2D eigenvalue weighted by atomic mass is 9.95. The third kappa shape index (κ3) is 4.04. The monoisotopic (exact) mass is 410 g/mol. The Balaban J connectivity index is 1.39. The minimum absolute atomic E-state index is 0.0172. The van der Waals surface area contributed by atoms with Crippen molar-refractivity contribution in [1.29, 1.82) is 0 Å². The zero-order valence-corrected chi connectivity index (χ0v) is 17.1. The molecule has 0 bridgehead atoms. The van der Waals surface area contributed by atoms with Gasteiger partial charge in [0.2, 0.25) is 5.91 Å². The Bertz CT molecular complexity index is 1020. The highest BCUT2D eigenvalue weighted by atomic mass is 32.1. The normalized spacial score (nSPS) is 14.8. The molecule has 0 aliphatic carbocycles. The lowest BCUT2D eigenvalue weighted by Crippen LogP contribution is -2.41. The van der Waals surface area contributed by atoms with Crippen molar-refractivity contribution in [3.8, 4) is 5.69 Å². The first-order chi connectivity index (χ1) is 14.0. The van der Waals surface area contributed by atoms with Crippen molar-refractivity contribution in [2.45, 2.75) is 26.7 Å². The van der Waals surface area contributed by atoms with Gasteiger partial charge in [0.1, 0.15) is 0 Å². The molecular formula is C20H22N6O2S. The molecule has 9 heteroatoms. The SMILES string of the molecule is Cc1ccc(NC(=O)C2CCN(C(=O)c3cccs3)CC2)cc1-n1nnnc1C. The number of tetrazole rings is 1. The van der Waals surface area contributed by atoms with Crippen LogP contribution in [-0.4, -0.2) is 50.0 Å². The number of piperidine rings is 1. The summed E-state index contributed by atoms with van der Waals surface area (Å²) < 4.78 is 1.65. The van der Waals surface area contributed by atoms with Crippen molar-refractivity contribution in [2.75, 3.05) is 18.4 Å². The number of hydrogen-bond acceptors (Lipinski definition) is 6. The van der Waals surface area contributed by atoms with Crippen LogP contribution in [0.15, 0.2) is 35.7 Å². The highest BCUT2D eigenvalue weighted by Crippen LogP contribution is 2.24. The molecule has 8 nitrogen and oxygen atoms in total. The van der Waals surface area contributed by atoms with Crippen LogP contribution in [0.2, 0.25) is 0 Å². The van der Waals surface area contributed by atoms with Gasteiger partial charge in [0, 0.05) is 24.7 Å². The summed E-state index contributed by atoms with van der Waals surface area (Å²) >= 11 is 1.45. The van der Waals surface area contributed by atoms with E-state index >= 15 is 0 Å². The summed E-state index contributed by atoms with van der Waals surface area (Å²) in [5.41, 5.74) is 2.56. The number of nitrogens with one attached hydrogen (secondary N) is 1. The predicted octanol–water partition coefficient (Wildman–Crippen LogP) is 2.83. The summed E-state index contributed by atoms with van der Waals surface area (Å²) in [7, 11) is 0. The molecule has 0 saturated carbocycles. The maximum absolute atomic E-state index is 12.8. The number of hydrogen-bond donors (Lipinski definition) is 1. The Morgan fingerprint density at radius 1 is 1.17 bits per heavy atom. The summed E-state index contributed by atoms with van der Waals surface area (Å²) in [4.78, 5) is 27.8. The largest absolute Gasteiger partial charge is 0.338 e. The summed E-state index contributed by atoms with van der Waals surface area (Å²) in [6.07, 6.45) is 1.32. The maximum Gasteiger partial charge on any atom is 0.263 e. The fourth-order valence-electron chi connectivity index (χ4n) is 3.51. The van der Waals surface area contributed by atoms with E-state index in [0.717, 1.165) is 16.1 Å². The first-order valence-electron chi connectivity index (χ1n) is 9.52. The summed E-state index contributed by atoms with van der Waals surface area (Å²) in [5.74, 6) is 0.608. The number of carbonyl (C=O) groups is 2. The van der Waals surface area contributed by atoms with Crippen LogP contribution in [0.3, 0.4) is 0 Å². The molecule has 1 fully saturated rings. The van der Waals surface area contributed by atoms with Crippen molar-refractivity contribution in [3.05, 3.63) is 52.0 Å². The number of aromatic nitrogens is 4. The minimum atomic E-state index is -0.109. The van der Waals surface area contributed by atoms with Gasteiger partial charge in [-0.2, -0.15) is 4.68 Å². The van der Waals surface area contributed by atoms with Gasteiger partial charge in [-0.15, -0.1) is 16.4 Å². The van der Waals surface area contributed by atoms with E-state index in [1.54, 1.807) is 4.68 Å². The lowest BCUT2D eigenvalue weighted by Gasteiger charge is -2.31. The van der Waals surface area contributed by atoms with Gasteiger partial charge >= 0.3 is 0 Å². The minimum Gasteiger partial charge on any atom is -0.338 e. The highest BCUT2D eigenvalue weighted by molar-refractivity contribution is 7.12. The number of carbonyl (C=O) groups excluding carboxylic acids is 2. The molecule has 0 radical (unpaired) electrons. The number of rotatable bonds is 4. The number of nitrogens with zero attached hydrogens (tertiary/aromatic N) is 5. The number of likely N-dealkylation sites (tertiary alicyclic amines) is 1. The number of amides is 2. The highest BCUT2D eigenvalue weighted by Gasteiger charge is 2.28. The summed E-state index contributed by atoms with van der Waals surface area (Å²) in [6, 6.07) is 9.42. The number of anilines is 1. The molecule has 1 aliphatic rings. The van der Waals surface area contributed by atoms with Gasteiger partial charge in [-0.1, -0.05) is 12.1 Å². The zero-order valence-electron chi connectivity index (χ0n) is 16.3. The van der Waals surface area contributed by atoms with Gasteiger partial charge in [-0.05, 0) is 66.3 Å². The molecule has 4 rings (SSSR count). The number of benzene rings is 1. The lowest BCUT2D eigenvalue weighted by molar-refractivity contribution is -0.121.